The molecular weight excluding hydrogens is 418 g/mol. The van der Waals surface area contributed by atoms with Gasteiger partial charge in [0.15, 0.2) is 5.65 Å². The van der Waals surface area contributed by atoms with Crippen molar-refractivity contribution in [3.8, 4) is 0 Å². The van der Waals surface area contributed by atoms with Gasteiger partial charge in [0, 0.05) is 18.4 Å². The molecule has 2 heterocycles. The summed E-state index contributed by atoms with van der Waals surface area (Å²) in [5.41, 5.74) is 4.15. The van der Waals surface area contributed by atoms with E-state index in [-0.39, 0.29) is 18.4 Å². The monoisotopic (exact) mass is 443 g/mol. The van der Waals surface area contributed by atoms with E-state index in [0.29, 0.717) is 23.4 Å². The molecule has 8 heteroatoms. The van der Waals surface area contributed by atoms with E-state index in [1.165, 1.54) is 16.2 Å². The van der Waals surface area contributed by atoms with Gasteiger partial charge in [0.25, 0.3) is 5.91 Å². The molecule has 8 nitrogen and oxygen atoms in total. The minimum Gasteiger partial charge on any atom is -0.348 e. The molecule has 0 fully saturated rings. The average Bonchev–Trinajstić information content (AvgIpc) is 3.13. The van der Waals surface area contributed by atoms with Crippen molar-refractivity contribution >= 4 is 23.1 Å². The molecule has 0 saturated carbocycles. The van der Waals surface area contributed by atoms with Crippen LogP contribution in [0.15, 0.2) is 71.7 Å². The van der Waals surface area contributed by atoms with E-state index in [0.717, 1.165) is 22.2 Å². The molecule has 4 rings (SSSR count). The Hall–Kier alpha value is -4.20. The number of aromatic nitrogens is 3. The molecule has 33 heavy (non-hydrogen) atoms. The molecule has 0 radical (unpaired) electrons. The summed E-state index contributed by atoms with van der Waals surface area (Å²) >= 11 is 0. The lowest BCUT2D eigenvalue weighted by Crippen LogP contribution is -2.28. The third-order valence-corrected chi connectivity index (χ3v) is 5.35. The van der Waals surface area contributed by atoms with Crippen molar-refractivity contribution in [1.29, 1.82) is 0 Å². The molecule has 2 aromatic heterocycles. The molecule has 0 aliphatic heterocycles. The molecule has 0 aliphatic carbocycles. The first-order chi connectivity index (χ1) is 15.9. The van der Waals surface area contributed by atoms with E-state index < -0.39 is 5.69 Å². The SMILES string of the molecule is CCc1ccc(NC(=O)Cn2nc3ccc(C(=O)NCc4ccc(C)cc4)cn3c2=O)cc1. The molecule has 0 spiro atoms. The zero-order valence-corrected chi connectivity index (χ0v) is 18.5. The van der Waals surface area contributed by atoms with Crippen molar-refractivity contribution in [3.05, 3.63) is 99.6 Å². The number of fused-ring (bicyclic) bond motifs is 1. The molecular formula is C25H25N5O3. The minimum absolute atomic E-state index is 0.231. The van der Waals surface area contributed by atoms with Crippen LogP contribution < -0.4 is 16.3 Å². The van der Waals surface area contributed by atoms with E-state index >= 15 is 0 Å². The maximum atomic E-state index is 12.7. The van der Waals surface area contributed by atoms with Crippen LogP contribution in [-0.4, -0.2) is 26.0 Å². The molecule has 2 aromatic carbocycles. The normalized spacial score (nSPS) is 10.8. The first-order valence-corrected chi connectivity index (χ1v) is 10.7. The Morgan fingerprint density at radius 3 is 2.33 bits per heavy atom. The lowest BCUT2D eigenvalue weighted by molar-refractivity contribution is -0.117. The Bertz CT molecular complexity index is 1350. The van der Waals surface area contributed by atoms with Crippen LogP contribution >= 0.6 is 0 Å². The van der Waals surface area contributed by atoms with Gasteiger partial charge in [0.1, 0.15) is 6.54 Å². The number of aryl methyl sites for hydroxylation is 2. The van der Waals surface area contributed by atoms with E-state index in [4.69, 9.17) is 0 Å². The van der Waals surface area contributed by atoms with Crippen molar-refractivity contribution in [2.75, 3.05) is 5.32 Å². The Balaban J connectivity index is 1.44. The largest absolute Gasteiger partial charge is 0.350 e. The maximum Gasteiger partial charge on any atom is 0.350 e. The van der Waals surface area contributed by atoms with Gasteiger partial charge >= 0.3 is 5.69 Å². The zero-order valence-electron chi connectivity index (χ0n) is 18.5. The van der Waals surface area contributed by atoms with Gasteiger partial charge in [-0.25, -0.2) is 13.9 Å². The molecule has 0 unspecified atom stereocenters. The van der Waals surface area contributed by atoms with E-state index in [2.05, 4.69) is 22.7 Å². The smallest absolute Gasteiger partial charge is 0.348 e. The molecule has 0 bridgehead atoms. The predicted octanol–water partition coefficient (Wildman–Crippen LogP) is 2.94. The van der Waals surface area contributed by atoms with E-state index in [9.17, 15) is 14.4 Å². The quantitative estimate of drug-likeness (QED) is 0.459. The van der Waals surface area contributed by atoms with Crippen molar-refractivity contribution in [2.24, 2.45) is 0 Å². The number of rotatable bonds is 7. The Kier molecular flexibility index (Phi) is 6.35. The van der Waals surface area contributed by atoms with Crippen LogP contribution in [0.3, 0.4) is 0 Å². The van der Waals surface area contributed by atoms with Gasteiger partial charge < -0.3 is 10.6 Å². The first-order valence-electron chi connectivity index (χ1n) is 10.7. The van der Waals surface area contributed by atoms with Crippen LogP contribution in [-0.2, 0) is 24.3 Å². The molecule has 168 valence electrons. The molecule has 0 aliphatic rings. The van der Waals surface area contributed by atoms with E-state index in [1.54, 1.807) is 12.1 Å². The fourth-order valence-electron chi connectivity index (χ4n) is 3.41. The number of carbonyl (C=O) groups is 2. The fraction of sp³-hybridized carbons (Fsp3) is 0.200. The highest BCUT2D eigenvalue weighted by Crippen LogP contribution is 2.10. The van der Waals surface area contributed by atoms with Crippen LogP contribution in [0.1, 0.15) is 34.0 Å². The minimum atomic E-state index is -0.491. The summed E-state index contributed by atoms with van der Waals surface area (Å²) in [5, 5.41) is 9.81. The van der Waals surface area contributed by atoms with Gasteiger partial charge in [-0.05, 0) is 48.7 Å². The second-order valence-electron chi connectivity index (χ2n) is 7.85. The maximum absolute atomic E-state index is 12.7. The summed E-state index contributed by atoms with van der Waals surface area (Å²) in [6.07, 6.45) is 2.35. The second-order valence-corrected chi connectivity index (χ2v) is 7.85. The van der Waals surface area contributed by atoms with Crippen molar-refractivity contribution < 1.29 is 9.59 Å². The number of benzene rings is 2. The molecule has 0 saturated heterocycles. The number of amides is 2. The third kappa shape index (κ3) is 5.17. The summed E-state index contributed by atoms with van der Waals surface area (Å²) in [4.78, 5) is 37.7. The summed E-state index contributed by atoms with van der Waals surface area (Å²) in [7, 11) is 0. The van der Waals surface area contributed by atoms with Gasteiger partial charge in [-0.15, -0.1) is 5.10 Å². The third-order valence-electron chi connectivity index (χ3n) is 5.35. The summed E-state index contributed by atoms with van der Waals surface area (Å²) in [5.74, 6) is -0.661. The van der Waals surface area contributed by atoms with Crippen molar-refractivity contribution in [1.82, 2.24) is 19.5 Å². The van der Waals surface area contributed by atoms with E-state index in [1.807, 2.05) is 55.5 Å². The zero-order chi connectivity index (χ0) is 23.4. The number of anilines is 1. The lowest BCUT2D eigenvalue weighted by Gasteiger charge is -2.06. The van der Waals surface area contributed by atoms with Crippen LogP contribution in [0.5, 0.6) is 0 Å². The highest BCUT2D eigenvalue weighted by Gasteiger charge is 2.14. The van der Waals surface area contributed by atoms with Crippen molar-refractivity contribution in [3.63, 3.8) is 0 Å². The van der Waals surface area contributed by atoms with Gasteiger partial charge in [0.2, 0.25) is 5.91 Å². The number of pyridine rings is 1. The Labute approximate surface area is 190 Å². The predicted molar refractivity (Wildman–Crippen MR) is 126 cm³/mol. The highest BCUT2D eigenvalue weighted by molar-refractivity contribution is 5.94. The Morgan fingerprint density at radius 2 is 1.64 bits per heavy atom. The van der Waals surface area contributed by atoms with Crippen molar-refractivity contribution in [2.45, 2.75) is 33.4 Å². The Morgan fingerprint density at radius 1 is 0.939 bits per heavy atom. The number of nitrogens with one attached hydrogen (secondary N) is 2. The number of hydrogen-bond donors (Lipinski definition) is 2. The molecule has 4 aromatic rings. The van der Waals surface area contributed by atoms with Gasteiger partial charge in [-0.2, -0.15) is 0 Å². The van der Waals surface area contributed by atoms with Crippen LogP contribution in [0.4, 0.5) is 5.69 Å². The average molecular weight is 444 g/mol. The summed E-state index contributed by atoms with van der Waals surface area (Å²) in [6.45, 7) is 4.21. The fourth-order valence-corrected chi connectivity index (χ4v) is 3.41. The highest BCUT2D eigenvalue weighted by atomic mass is 16.2. The number of hydrogen-bond acceptors (Lipinski definition) is 4. The first kappa shape index (κ1) is 22.0. The number of carbonyl (C=O) groups excluding carboxylic acids is 2. The number of nitrogens with zero attached hydrogens (tertiary/aromatic N) is 3. The van der Waals surface area contributed by atoms with Crippen LogP contribution in [0, 0.1) is 6.92 Å². The lowest BCUT2D eigenvalue weighted by atomic mass is 10.1. The van der Waals surface area contributed by atoms with Crippen LogP contribution in [0.25, 0.3) is 5.65 Å². The summed E-state index contributed by atoms with van der Waals surface area (Å²) < 4.78 is 2.35. The second kappa shape index (κ2) is 9.52. The van der Waals surface area contributed by atoms with Gasteiger partial charge in [-0.1, -0.05) is 48.9 Å². The van der Waals surface area contributed by atoms with Crippen LogP contribution in [0.2, 0.25) is 0 Å². The van der Waals surface area contributed by atoms with Gasteiger partial charge in [0.05, 0.1) is 5.56 Å². The molecule has 2 amide bonds. The topological polar surface area (TPSA) is 97.5 Å². The summed E-state index contributed by atoms with van der Waals surface area (Å²) in [6, 6.07) is 18.6. The van der Waals surface area contributed by atoms with Gasteiger partial charge in [-0.3, -0.25) is 9.59 Å². The molecule has 2 N–H and O–H groups in total. The molecule has 0 atom stereocenters. The standard InChI is InChI=1S/C25H25N5O3/c1-3-18-8-11-21(12-9-18)27-23(31)16-30-25(33)29-15-20(10-13-22(29)28-30)24(32)26-14-19-6-4-17(2)5-7-19/h4-13,15H,3,14,16H2,1-2H3,(H,26,32)(H,27,31).